The molecule has 2 aromatic rings. The molecule has 3 rings (SSSR count). The summed E-state index contributed by atoms with van der Waals surface area (Å²) in [5, 5.41) is 0. The van der Waals surface area contributed by atoms with Crippen molar-refractivity contribution in [2.45, 2.75) is 45.1 Å². The Kier molecular flexibility index (Phi) is 3.32. The predicted octanol–water partition coefficient (Wildman–Crippen LogP) is 3.57. The van der Waals surface area contributed by atoms with Crippen LogP contribution in [0.2, 0.25) is 0 Å². The van der Waals surface area contributed by atoms with E-state index in [0.29, 0.717) is 6.04 Å². The molecule has 1 aromatic carbocycles. The summed E-state index contributed by atoms with van der Waals surface area (Å²) in [5.41, 5.74) is 8.20. The molecule has 102 valence electrons. The lowest BCUT2D eigenvalue weighted by molar-refractivity contribution is 0.494. The molecule has 4 nitrogen and oxygen atoms in total. The van der Waals surface area contributed by atoms with Crippen LogP contribution in [0.25, 0.3) is 11.1 Å². The third-order valence-corrected chi connectivity index (χ3v) is 3.99. The fourth-order valence-electron chi connectivity index (χ4n) is 2.91. The molecular weight excluding hydrogens is 238 g/mol. The molecule has 1 aliphatic rings. The molecule has 1 aliphatic heterocycles. The topological polar surface area (TPSA) is 55.3 Å². The maximum absolute atomic E-state index is 5.91. The highest BCUT2D eigenvalue weighted by Gasteiger charge is 2.23. The molecule has 1 saturated heterocycles. The molecule has 2 N–H and O–H groups in total. The summed E-state index contributed by atoms with van der Waals surface area (Å²) in [4.78, 5) is 6.95. The van der Waals surface area contributed by atoms with E-state index in [1.165, 1.54) is 25.7 Å². The second kappa shape index (κ2) is 5.11. The van der Waals surface area contributed by atoms with Crippen molar-refractivity contribution in [2.75, 3.05) is 17.2 Å². The second-order valence-electron chi connectivity index (χ2n) is 5.33. The van der Waals surface area contributed by atoms with Crippen LogP contribution >= 0.6 is 0 Å². The van der Waals surface area contributed by atoms with Crippen LogP contribution in [0.3, 0.4) is 0 Å². The van der Waals surface area contributed by atoms with Crippen LogP contribution in [0.4, 0.5) is 11.7 Å². The number of hydrogen-bond acceptors (Lipinski definition) is 4. The number of anilines is 2. The summed E-state index contributed by atoms with van der Waals surface area (Å²) in [5.74, 6) is 0. The quantitative estimate of drug-likeness (QED) is 0.838. The van der Waals surface area contributed by atoms with Crippen molar-refractivity contribution in [3.8, 4) is 0 Å². The zero-order valence-electron chi connectivity index (χ0n) is 11.4. The number of fused-ring (bicyclic) bond motifs is 1. The van der Waals surface area contributed by atoms with E-state index < -0.39 is 0 Å². The first-order chi connectivity index (χ1) is 9.28. The summed E-state index contributed by atoms with van der Waals surface area (Å²) in [6.45, 7) is 3.28. The van der Waals surface area contributed by atoms with Gasteiger partial charge in [-0.25, -0.2) is 0 Å². The Morgan fingerprint density at radius 1 is 1.37 bits per heavy atom. The van der Waals surface area contributed by atoms with Crippen molar-refractivity contribution in [1.82, 2.24) is 4.98 Å². The van der Waals surface area contributed by atoms with Crippen LogP contribution in [0, 0.1) is 0 Å². The Morgan fingerprint density at radius 2 is 2.26 bits per heavy atom. The second-order valence-corrected chi connectivity index (χ2v) is 5.33. The minimum atomic E-state index is 0.549. The highest BCUT2D eigenvalue weighted by Crippen LogP contribution is 2.29. The van der Waals surface area contributed by atoms with Crippen molar-refractivity contribution in [1.29, 1.82) is 0 Å². The fourth-order valence-corrected chi connectivity index (χ4v) is 2.91. The van der Waals surface area contributed by atoms with Crippen molar-refractivity contribution < 1.29 is 4.42 Å². The molecule has 1 aromatic heterocycles. The van der Waals surface area contributed by atoms with E-state index in [1.54, 1.807) is 0 Å². The predicted molar refractivity (Wildman–Crippen MR) is 78.3 cm³/mol. The lowest BCUT2D eigenvalue weighted by atomic mass is 10.1. The Labute approximate surface area is 113 Å². The molecule has 4 heteroatoms. The minimum absolute atomic E-state index is 0.549. The molecule has 1 atom stereocenters. The Hall–Kier alpha value is -1.71. The highest BCUT2D eigenvalue weighted by molar-refractivity contribution is 5.78. The standard InChI is InChI=1S/C15H21N3O/c1-2-12-6-4-3-5-9-18(12)15-17-13-10-11(16)7-8-14(13)19-15/h7-8,10,12H,2-6,9,16H2,1H3. The molecule has 2 heterocycles. The first-order valence-corrected chi connectivity index (χ1v) is 7.20. The largest absolute Gasteiger partial charge is 0.423 e. The average molecular weight is 259 g/mol. The first-order valence-electron chi connectivity index (χ1n) is 7.20. The van der Waals surface area contributed by atoms with Crippen LogP contribution in [0.15, 0.2) is 22.6 Å². The maximum atomic E-state index is 5.91. The van der Waals surface area contributed by atoms with Crippen molar-refractivity contribution in [3.05, 3.63) is 18.2 Å². The lowest BCUT2D eigenvalue weighted by Crippen LogP contribution is -2.34. The third kappa shape index (κ3) is 2.39. The van der Waals surface area contributed by atoms with Crippen molar-refractivity contribution >= 4 is 22.8 Å². The van der Waals surface area contributed by atoms with Gasteiger partial charge in [0.25, 0.3) is 6.01 Å². The fraction of sp³-hybridized carbons (Fsp3) is 0.533. The van der Waals surface area contributed by atoms with Crippen LogP contribution < -0.4 is 10.6 Å². The Morgan fingerprint density at radius 3 is 3.11 bits per heavy atom. The van der Waals surface area contributed by atoms with Gasteiger partial charge in [0.05, 0.1) is 0 Å². The maximum Gasteiger partial charge on any atom is 0.298 e. The molecule has 0 amide bonds. The Bertz CT molecular complexity index is 564. The SMILES string of the molecule is CCC1CCCCCN1c1nc2cc(N)ccc2o1. The monoisotopic (exact) mass is 259 g/mol. The van der Waals surface area contributed by atoms with Gasteiger partial charge in [0, 0.05) is 18.3 Å². The zero-order valence-corrected chi connectivity index (χ0v) is 11.4. The van der Waals surface area contributed by atoms with E-state index in [4.69, 9.17) is 10.2 Å². The molecule has 0 saturated carbocycles. The van der Waals surface area contributed by atoms with Gasteiger partial charge in [-0.2, -0.15) is 4.98 Å². The normalized spacial score (nSPS) is 20.7. The van der Waals surface area contributed by atoms with Gasteiger partial charge >= 0.3 is 0 Å². The molecule has 0 aliphatic carbocycles. The third-order valence-electron chi connectivity index (χ3n) is 3.99. The van der Waals surface area contributed by atoms with Gasteiger partial charge in [0.1, 0.15) is 5.52 Å². The molecule has 1 fully saturated rings. The number of rotatable bonds is 2. The number of nitrogens with two attached hydrogens (primary N) is 1. The average Bonchev–Trinajstić information content (AvgIpc) is 2.67. The lowest BCUT2D eigenvalue weighted by Gasteiger charge is -2.27. The molecule has 0 spiro atoms. The summed E-state index contributed by atoms with van der Waals surface area (Å²) in [6.07, 6.45) is 6.21. The number of nitrogens with zero attached hydrogens (tertiary/aromatic N) is 2. The molecule has 1 unspecified atom stereocenters. The number of oxazole rings is 1. The molecule has 0 radical (unpaired) electrons. The zero-order chi connectivity index (χ0) is 13.2. The Balaban J connectivity index is 1.96. The van der Waals surface area contributed by atoms with E-state index in [9.17, 15) is 0 Å². The number of benzene rings is 1. The molecule has 19 heavy (non-hydrogen) atoms. The first kappa shape index (κ1) is 12.3. The molecular formula is C15H21N3O. The van der Waals surface area contributed by atoms with Crippen molar-refractivity contribution in [2.24, 2.45) is 0 Å². The van der Waals surface area contributed by atoms with E-state index in [0.717, 1.165) is 35.8 Å². The van der Waals surface area contributed by atoms with Crippen LogP contribution in [0.5, 0.6) is 0 Å². The van der Waals surface area contributed by atoms with Gasteiger partial charge in [-0.3, -0.25) is 0 Å². The van der Waals surface area contributed by atoms with E-state index in [1.807, 2.05) is 18.2 Å². The van der Waals surface area contributed by atoms with E-state index in [-0.39, 0.29) is 0 Å². The number of hydrogen-bond donors (Lipinski definition) is 1. The van der Waals surface area contributed by atoms with Crippen LogP contribution in [-0.2, 0) is 0 Å². The van der Waals surface area contributed by atoms with E-state index >= 15 is 0 Å². The minimum Gasteiger partial charge on any atom is -0.423 e. The van der Waals surface area contributed by atoms with Gasteiger partial charge in [0.2, 0.25) is 0 Å². The highest BCUT2D eigenvalue weighted by atomic mass is 16.4. The van der Waals surface area contributed by atoms with Crippen LogP contribution in [0.1, 0.15) is 39.0 Å². The summed E-state index contributed by atoms with van der Waals surface area (Å²) >= 11 is 0. The van der Waals surface area contributed by atoms with Crippen LogP contribution in [-0.4, -0.2) is 17.6 Å². The van der Waals surface area contributed by atoms with Gasteiger partial charge < -0.3 is 15.1 Å². The van der Waals surface area contributed by atoms with Gasteiger partial charge in [-0.05, 0) is 37.5 Å². The summed E-state index contributed by atoms with van der Waals surface area (Å²) in [7, 11) is 0. The number of nitrogen functional groups attached to an aromatic ring is 1. The molecule has 0 bridgehead atoms. The van der Waals surface area contributed by atoms with Gasteiger partial charge in [-0.15, -0.1) is 0 Å². The van der Waals surface area contributed by atoms with Gasteiger partial charge in [-0.1, -0.05) is 19.8 Å². The van der Waals surface area contributed by atoms with Crippen molar-refractivity contribution in [3.63, 3.8) is 0 Å². The summed E-state index contributed by atoms with van der Waals surface area (Å²) < 4.78 is 5.91. The summed E-state index contributed by atoms with van der Waals surface area (Å²) in [6, 6.07) is 6.94. The van der Waals surface area contributed by atoms with E-state index in [2.05, 4.69) is 16.8 Å². The van der Waals surface area contributed by atoms with Gasteiger partial charge in [0.15, 0.2) is 5.58 Å². The number of aromatic nitrogens is 1. The smallest absolute Gasteiger partial charge is 0.298 e.